The van der Waals surface area contributed by atoms with Crippen molar-refractivity contribution in [2.75, 3.05) is 26.3 Å². The van der Waals surface area contributed by atoms with Gasteiger partial charge in [0, 0.05) is 19.6 Å². The molecule has 2 N–H and O–H groups in total. The number of H-pyrrole nitrogens is 1. The maximum atomic E-state index is 13.0. The van der Waals surface area contributed by atoms with Gasteiger partial charge in [0.2, 0.25) is 0 Å². The summed E-state index contributed by atoms with van der Waals surface area (Å²) in [5.74, 6) is -1.00. The molecule has 0 saturated carbocycles. The van der Waals surface area contributed by atoms with Crippen molar-refractivity contribution in [1.82, 2.24) is 14.5 Å². The summed E-state index contributed by atoms with van der Waals surface area (Å²) in [6.07, 6.45) is 0. The van der Waals surface area contributed by atoms with E-state index in [-0.39, 0.29) is 17.8 Å². The second-order valence-electron chi connectivity index (χ2n) is 6.86. The van der Waals surface area contributed by atoms with Crippen LogP contribution in [0, 0.1) is 0 Å². The van der Waals surface area contributed by atoms with Gasteiger partial charge in [-0.1, -0.05) is 26.0 Å². The minimum absolute atomic E-state index is 0.0666. The van der Waals surface area contributed by atoms with Gasteiger partial charge in [-0.3, -0.25) is 9.69 Å². The van der Waals surface area contributed by atoms with Crippen molar-refractivity contribution in [1.29, 1.82) is 0 Å². The smallest absolute Gasteiger partial charge is 0.352 e. The minimum Gasteiger partial charge on any atom is -0.477 e. The van der Waals surface area contributed by atoms with Crippen molar-refractivity contribution in [3.05, 3.63) is 61.9 Å². The van der Waals surface area contributed by atoms with Crippen LogP contribution < -0.4 is 11.2 Å². The van der Waals surface area contributed by atoms with Crippen LogP contribution in [0.5, 0.6) is 0 Å². The number of carbonyl (C=O) groups is 1. The molecule has 8 nitrogen and oxygen atoms in total. The van der Waals surface area contributed by atoms with Crippen LogP contribution in [0.15, 0.2) is 33.9 Å². The van der Waals surface area contributed by atoms with Crippen LogP contribution in [0.4, 0.5) is 0 Å². The summed E-state index contributed by atoms with van der Waals surface area (Å²) in [6.45, 7) is 6.49. The maximum Gasteiger partial charge on any atom is 0.352 e. The Morgan fingerprint density at radius 2 is 1.81 bits per heavy atom. The molecule has 0 radical (unpaired) electrons. The van der Waals surface area contributed by atoms with E-state index in [9.17, 15) is 19.5 Å². The van der Waals surface area contributed by atoms with Crippen molar-refractivity contribution in [2.45, 2.75) is 26.3 Å². The molecule has 144 valence electrons. The van der Waals surface area contributed by atoms with Gasteiger partial charge in [0.25, 0.3) is 5.56 Å². The Bertz CT molecular complexity index is 937. The first-order valence-corrected chi connectivity index (χ1v) is 8.90. The van der Waals surface area contributed by atoms with Gasteiger partial charge in [0.1, 0.15) is 5.69 Å². The van der Waals surface area contributed by atoms with E-state index in [0.29, 0.717) is 37.9 Å². The lowest BCUT2D eigenvalue weighted by atomic mass is 10.0. The number of ether oxygens (including phenoxy) is 1. The van der Waals surface area contributed by atoms with Gasteiger partial charge in [0.15, 0.2) is 0 Å². The van der Waals surface area contributed by atoms with Gasteiger partial charge in [-0.25, -0.2) is 14.2 Å². The minimum atomic E-state index is -1.32. The molecule has 8 heteroatoms. The molecular formula is C19H23N3O5. The Balaban J connectivity index is 2.09. The van der Waals surface area contributed by atoms with Crippen molar-refractivity contribution >= 4 is 5.97 Å². The molecule has 1 aromatic heterocycles. The van der Waals surface area contributed by atoms with Crippen molar-refractivity contribution in [2.24, 2.45) is 0 Å². The first-order chi connectivity index (χ1) is 12.9. The molecule has 27 heavy (non-hydrogen) atoms. The summed E-state index contributed by atoms with van der Waals surface area (Å²) in [6, 6.07) is 7.12. The number of nitrogens with zero attached hydrogens (tertiary/aromatic N) is 2. The molecule has 0 spiro atoms. The number of morpholine rings is 1. The molecule has 0 bridgehead atoms. The third-order valence-corrected chi connectivity index (χ3v) is 4.72. The van der Waals surface area contributed by atoms with Crippen molar-refractivity contribution < 1.29 is 14.6 Å². The van der Waals surface area contributed by atoms with E-state index in [0.717, 1.165) is 10.1 Å². The molecule has 1 aliphatic heterocycles. The van der Waals surface area contributed by atoms with Crippen LogP contribution in [-0.4, -0.2) is 51.8 Å². The molecule has 0 aliphatic carbocycles. The van der Waals surface area contributed by atoms with Crippen LogP contribution in [0.25, 0.3) is 5.69 Å². The van der Waals surface area contributed by atoms with E-state index in [2.05, 4.69) is 18.8 Å². The molecule has 2 aromatic rings. The Kier molecular flexibility index (Phi) is 5.57. The first-order valence-electron chi connectivity index (χ1n) is 8.90. The fourth-order valence-electron chi connectivity index (χ4n) is 3.13. The van der Waals surface area contributed by atoms with Crippen LogP contribution in [0.2, 0.25) is 0 Å². The maximum absolute atomic E-state index is 13.0. The third kappa shape index (κ3) is 4.01. The lowest BCUT2D eigenvalue weighted by Crippen LogP contribution is -2.42. The van der Waals surface area contributed by atoms with Crippen molar-refractivity contribution in [3.8, 4) is 5.69 Å². The zero-order valence-electron chi connectivity index (χ0n) is 15.4. The Labute approximate surface area is 156 Å². The Hall–Kier alpha value is -2.71. The van der Waals surface area contributed by atoms with Crippen molar-refractivity contribution in [3.63, 3.8) is 0 Å². The molecule has 2 heterocycles. The normalized spacial score (nSPS) is 15.2. The predicted molar refractivity (Wildman–Crippen MR) is 99.8 cm³/mol. The summed E-state index contributed by atoms with van der Waals surface area (Å²) >= 11 is 0. The Morgan fingerprint density at radius 1 is 1.19 bits per heavy atom. The highest BCUT2D eigenvalue weighted by atomic mass is 16.5. The Morgan fingerprint density at radius 3 is 2.37 bits per heavy atom. The van der Waals surface area contributed by atoms with Gasteiger partial charge in [-0.15, -0.1) is 0 Å². The summed E-state index contributed by atoms with van der Waals surface area (Å²) in [5, 5.41) is 9.44. The second-order valence-corrected chi connectivity index (χ2v) is 6.86. The number of benzene rings is 1. The second kappa shape index (κ2) is 7.89. The fraction of sp³-hybridized carbons (Fsp3) is 0.421. The summed E-state index contributed by atoms with van der Waals surface area (Å²) in [5.41, 5.74) is -0.173. The van der Waals surface area contributed by atoms with Gasteiger partial charge in [-0.05, 0) is 23.6 Å². The van der Waals surface area contributed by atoms with Gasteiger partial charge in [-0.2, -0.15) is 0 Å². The standard InChI is InChI=1S/C19H23N3O5/c1-12(2)13-3-5-14(6-4-13)22-17(23)15(11-21-7-9-27-10-8-21)16(18(24)25)20-19(22)26/h3-6,12H,7-11H2,1-2H3,(H,20,26)(H,24,25). The van der Waals surface area contributed by atoms with E-state index in [1.54, 1.807) is 12.1 Å². The molecule has 3 rings (SSSR count). The zero-order valence-corrected chi connectivity index (χ0v) is 15.4. The molecule has 1 aromatic carbocycles. The number of nitrogens with one attached hydrogen (secondary N) is 1. The lowest BCUT2D eigenvalue weighted by Gasteiger charge is -2.26. The lowest BCUT2D eigenvalue weighted by molar-refractivity contribution is 0.0336. The highest BCUT2D eigenvalue weighted by Crippen LogP contribution is 2.16. The van der Waals surface area contributed by atoms with E-state index >= 15 is 0 Å². The topological polar surface area (TPSA) is 105 Å². The molecule has 0 unspecified atom stereocenters. The average Bonchev–Trinajstić information content (AvgIpc) is 2.65. The molecular weight excluding hydrogens is 350 g/mol. The predicted octanol–water partition coefficient (Wildman–Crippen LogP) is 1.18. The molecule has 1 saturated heterocycles. The number of rotatable bonds is 5. The highest BCUT2D eigenvalue weighted by molar-refractivity contribution is 5.86. The number of hydrogen-bond acceptors (Lipinski definition) is 5. The van der Waals surface area contributed by atoms with E-state index in [4.69, 9.17) is 4.74 Å². The summed E-state index contributed by atoms with van der Waals surface area (Å²) in [7, 11) is 0. The number of aromatic amines is 1. The van der Waals surface area contributed by atoms with E-state index < -0.39 is 17.2 Å². The van der Waals surface area contributed by atoms with Crippen LogP contribution in [0.3, 0.4) is 0 Å². The summed E-state index contributed by atoms with van der Waals surface area (Å²) < 4.78 is 6.28. The van der Waals surface area contributed by atoms with E-state index in [1.165, 1.54) is 0 Å². The number of aromatic nitrogens is 2. The quantitative estimate of drug-likeness (QED) is 0.816. The highest BCUT2D eigenvalue weighted by Gasteiger charge is 2.22. The molecule has 0 atom stereocenters. The summed E-state index contributed by atoms with van der Waals surface area (Å²) in [4.78, 5) is 41.3. The van der Waals surface area contributed by atoms with Gasteiger partial charge in [0.05, 0.1) is 24.5 Å². The van der Waals surface area contributed by atoms with E-state index in [1.807, 2.05) is 17.0 Å². The monoisotopic (exact) mass is 373 g/mol. The average molecular weight is 373 g/mol. The first kappa shape index (κ1) is 19.1. The van der Waals surface area contributed by atoms with Gasteiger partial charge >= 0.3 is 11.7 Å². The number of carboxylic acids is 1. The molecule has 1 aliphatic rings. The van der Waals surface area contributed by atoms with Gasteiger partial charge < -0.3 is 14.8 Å². The van der Waals surface area contributed by atoms with Crippen LogP contribution >= 0.6 is 0 Å². The molecule has 1 fully saturated rings. The number of hydrogen-bond donors (Lipinski definition) is 2. The fourth-order valence-corrected chi connectivity index (χ4v) is 3.13. The number of aromatic carboxylic acids is 1. The number of carboxylic acid groups (broad SMARTS) is 1. The van der Waals surface area contributed by atoms with Crippen LogP contribution in [-0.2, 0) is 11.3 Å². The SMILES string of the molecule is CC(C)c1ccc(-n2c(=O)[nH]c(C(=O)O)c(CN3CCOCC3)c2=O)cc1. The van der Waals surface area contributed by atoms with Crippen LogP contribution in [0.1, 0.15) is 41.4 Å². The third-order valence-electron chi connectivity index (χ3n) is 4.72. The molecule has 0 amide bonds. The zero-order chi connectivity index (χ0) is 19.6. The largest absolute Gasteiger partial charge is 0.477 e.